The summed E-state index contributed by atoms with van der Waals surface area (Å²) in [6.45, 7) is 0. The van der Waals surface area contributed by atoms with Crippen LogP contribution in [0, 0.1) is 5.82 Å². The zero-order valence-corrected chi connectivity index (χ0v) is 12.7. The molecule has 0 aliphatic heterocycles. The van der Waals surface area contributed by atoms with Gasteiger partial charge in [0.15, 0.2) is 4.80 Å². The standard InChI is InChI=1S/C17H13FN2OS/c1-20-16-13(18)8-5-9-14(16)22-17(20)19-15(21)11-10-12-6-3-2-4-7-12/h2-11H,1H3/b11-10+,19-17?. The molecule has 2 aromatic carbocycles. The number of thiazole rings is 1. The third-order valence-electron chi connectivity index (χ3n) is 3.20. The topological polar surface area (TPSA) is 34.4 Å². The number of aromatic nitrogens is 1. The summed E-state index contributed by atoms with van der Waals surface area (Å²) in [5.41, 5.74) is 1.39. The maximum atomic E-state index is 13.8. The molecule has 0 unspecified atom stereocenters. The SMILES string of the molecule is Cn1c(=NC(=O)/C=C/c2ccccc2)sc2cccc(F)c21. The second kappa shape index (κ2) is 6.07. The van der Waals surface area contributed by atoms with Crippen LogP contribution in [0.3, 0.4) is 0 Å². The van der Waals surface area contributed by atoms with Crippen LogP contribution in [0.5, 0.6) is 0 Å². The maximum absolute atomic E-state index is 13.8. The quantitative estimate of drug-likeness (QED) is 0.667. The van der Waals surface area contributed by atoms with Crippen LogP contribution < -0.4 is 4.80 Å². The Hall–Kier alpha value is -2.53. The van der Waals surface area contributed by atoms with E-state index in [1.165, 1.54) is 23.5 Å². The summed E-state index contributed by atoms with van der Waals surface area (Å²) in [4.78, 5) is 16.5. The number of halogens is 1. The van der Waals surface area contributed by atoms with Crippen LogP contribution in [0.4, 0.5) is 4.39 Å². The second-order valence-corrected chi connectivity index (χ2v) is 5.73. The fourth-order valence-electron chi connectivity index (χ4n) is 2.13. The minimum absolute atomic E-state index is 0.315. The van der Waals surface area contributed by atoms with Gasteiger partial charge in [0.1, 0.15) is 5.82 Å². The molecule has 3 rings (SSSR count). The molecule has 0 N–H and O–H groups in total. The summed E-state index contributed by atoms with van der Waals surface area (Å²) in [7, 11) is 1.70. The minimum atomic E-state index is -0.369. The van der Waals surface area contributed by atoms with E-state index in [9.17, 15) is 9.18 Å². The number of carbonyl (C=O) groups excluding carboxylic acids is 1. The van der Waals surface area contributed by atoms with Crippen LogP contribution in [0.15, 0.2) is 59.6 Å². The molecule has 3 nitrogen and oxygen atoms in total. The third kappa shape index (κ3) is 2.89. The van der Waals surface area contributed by atoms with E-state index in [4.69, 9.17) is 0 Å². The number of amides is 1. The Bertz CT molecular complexity index is 923. The van der Waals surface area contributed by atoms with E-state index in [1.807, 2.05) is 36.4 Å². The second-order valence-electron chi connectivity index (χ2n) is 4.72. The van der Waals surface area contributed by atoms with Gasteiger partial charge in [-0.3, -0.25) is 4.79 Å². The van der Waals surface area contributed by atoms with Crippen molar-refractivity contribution in [2.24, 2.45) is 12.0 Å². The molecule has 1 heterocycles. The van der Waals surface area contributed by atoms with E-state index in [1.54, 1.807) is 23.8 Å². The van der Waals surface area contributed by atoms with Crippen molar-refractivity contribution in [1.29, 1.82) is 0 Å². The molecular formula is C17H13FN2OS. The smallest absolute Gasteiger partial charge is 0.272 e. The normalized spacial score (nSPS) is 12.4. The summed E-state index contributed by atoms with van der Waals surface area (Å²) >= 11 is 1.29. The van der Waals surface area contributed by atoms with Gasteiger partial charge >= 0.3 is 0 Å². The highest BCUT2D eigenvalue weighted by Crippen LogP contribution is 2.19. The lowest BCUT2D eigenvalue weighted by Gasteiger charge is -1.95. The van der Waals surface area contributed by atoms with Gasteiger partial charge in [0.25, 0.3) is 5.91 Å². The van der Waals surface area contributed by atoms with E-state index in [-0.39, 0.29) is 11.7 Å². The first-order valence-electron chi connectivity index (χ1n) is 6.71. The highest BCUT2D eigenvalue weighted by molar-refractivity contribution is 7.16. The molecular weight excluding hydrogens is 299 g/mol. The van der Waals surface area contributed by atoms with E-state index < -0.39 is 0 Å². The Morgan fingerprint density at radius 1 is 1.18 bits per heavy atom. The van der Waals surface area contributed by atoms with Gasteiger partial charge in [-0.25, -0.2) is 4.39 Å². The van der Waals surface area contributed by atoms with Crippen LogP contribution in [-0.4, -0.2) is 10.5 Å². The lowest BCUT2D eigenvalue weighted by Crippen LogP contribution is -2.12. The van der Waals surface area contributed by atoms with E-state index in [0.29, 0.717) is 10.3 Å². The Labute approximate surface area is 130 Å². The summed E-state index contributed by atoms with van der Waals surface area (Å²) in [6.07, 6.45) is 3.12. The number of carbonyl (C=O) groups is 1. The summed E-state index contributed by atoms with van der Waals surface area (Å²) < 4.78 is 16.2. The zero-order chi connectivity index (χ0) is 15.5. The Morgan fingerprint density at radius 2 is 1.95 bits per heavy atom. The zero-order valence-electron chi connectivity index (χ0n) is 11.9. The van der Waals surface area contributed by atoms with Crippen LogP contribution in [0.25, 0.3) is 16.3 Å². The molecule has 1 aromatic heterocycles. The van der Waals surface area contributed by atoms with Gasteiger partial charge in [0.05, 0.1) is 10.2 Å². The van der Waals surface area contributed by atoms with Crippen molar-refractivity contribution in [3.8, 4) is 0 Å². The van der Waals surface area contributed by atoms with Crippen molar-refractivity contribution in [1.82, 2.24) is 4.57 Å². The lowest BCUT2D eigenvalue weighted by molar-refractivity contribution is -0.113. The van der Waals surface area contributed by atoms with Gasteiger partial charge in [0, 0.05) is 13.1 Å². The molecule has 0 radical (unpaired) electrons. The number of nitrogens with zero attached hydrogens (tertiary/aromatic N) is 2. The fraction of sp³-hybridized carbons (Fsp3) is 0.0588. The molecule has 1 amide bonds. The average molecular weight is 312 g/mol. The first-order valence-corrected chi connectivity index (χ1v) is 7.52. The predicted molar refractivity (Wildman–Crippen MR) is 86.8 cm³/mol. The first kappa shape index (κ1) is 14.4. The van der Waals surface area contributed by atoms with Crippen LogP contribution in [-0.2, 0) is 11.8 Å². The molecule has 22 heavy (non-hydrogen) atoms. The van der Waals surface area contributed by atoms with E-state index in [0.717, 1.165) is 10.3 Å². The number of benzene rings is 2. The van der Waals surface area contributed by atoms with Crippen molar-refractivity contribution in [2.75, 3.05) is 0 Å². The summed E-state index contributed by atoms with van der Waals surface area (Å²) in [5, 5.41) is 0. The number of fused-ring (bicyclic) bond motifs is 1. The van der Waals surface area contributed by atoms with E-state index >= 15 is 0 Å². The van der Waals surface area contributed by atoms with Crippen LogP contribution in [0.1, 0.15) is 5.56 Å². The van der Waals surface area contributed by atoms with Crippen molar-refractivity contribution in [3.63, 3.8) is 0 Å². The minimum Gasteiger partial charge on any atom is -0.317 e. The number of hydrogen-bond acceptors (Lipinski definition) is 2. The molecule has 110 valence electrons. The van der Waals surface area contributed by atoms with Gasteiger partial charge in [-0.1, -0.05) is 47.7 Å². The molecule has 0 bridgehead atoms. The average Bonchev–Trinajstić information content (AvgIpc) is 2.84. The van der Waals surface area contributed by atoms with Gasteiger partial charge in [-0.15, -0.1) is 0 Å². The predicted octanol–water partition coefficient (Wildman–Crippen LogP) is 3.52. The first-order chi connectivity index (χ1) is 10.6. The van der Waals surface area contributed by atoms with Crippen molar-refractivity contribution in [2.45, 2.75) is 0 Å². The number of rotatable bonds is 2. The summed E-state index contributed by atoms with van der Waals surface area (Å²) in [5.74, 6) is -0.684. The highest BCUT2D eigenvalue weighted by Gasteiger charge is 2.07. The van der Waals surface area contributed by atoms with Gasteiger partial charge in [-0.05, 0) is 23.8 Å². The van der Waals surface area contributed by atoms with Gasteiger partial charge in [0.2, 0.25) is 0 Å². The fourth-order valence-corrected chi connectivity index (χ4v) is 3.17. The lowest BCUT2D eigenvalue weighted by atomic mass is 10.2. The number of para-hydroxylation sites is 1. The summed E-state index contributed by atoms with van der Waals surface area (Å²) in [6, 6.07) is 14.4. The number of aryl methyl sites for hydroxylation is 1. The molecule has 0 spiro atoms. The molecule has 0 aliphatic rings. The third-order valence-corrected chi connectivity index (χ3v) is 4.29. The molecule has 0 aliphatic carbocycles. The van der Waals surface area contributed by atoms with Crippen molar-refractivity contribution >= 4 is 33.5 Å². The maximum Gasteiger partial charge on any atom is 0.272 e. The molecule has 0 saturated heterocycles. The Morgan fingerprint density at radius 3 is 2.68 bits per heavy atom. The monoisotopic (exact) mass is 312 g/mol. The van der Waals surface area contributed by atoms with Crippen LogP contribution in [0.2, 0.25) is 0 Å². The van der Waals surface area contributed by atoms with Crippen molar-refractivity contribution < 1.29 is 9.18 Å². The number of hydrogen-bond donors (Lipinski definition) is 0. The Kier molecular flexibility index (Phi) is 3.98. The largest absolute Gasteiger partial charge is 0.317 e. The highest BCUT2D eigenvalue weighted by atomic mass is 32.1. The molecule has 0 fully saturated rings. The molecule has 0 atom stereocenters. The van der Waals surface area contributed by atoms with Gasteiger partial charge < -0.3 is 4.57 Å². The molecule has 0 saturated carbocycles. The Balaban J connectivity index is 1.95. The van der Waals surface area contributed by atoms with Crippen LogP contribution >= 0.6 is 11.3 Å². The van der Waals surface area contributed by atoms with E-state index in [2.05, 4.69) is 4.99 Å². The van der Waals surface area contributed by atoms with Crippen molar-refractivity contribution in [3.05, 3.63) is 70.8 Å². The molecule has 3 aromatic rings. The van der Waals surface area contributed by atoms with Gasteiger partial charge in [-0.2, -0.15) is 4.99 Å². The molecule has 5 heteroatoms.